The van der Waals surface area contributed by atoms with E-state index in [2.05, 4.69) is 26.6 Å². The van der Waals surface area contributed by atoms with Gasteiger partial charge in [-0.15, -0.1) is 15.8 Å². The highest BCUT2D eigenvalue weighted by molar-refractivity contribution is 9.10. The molecule has 1 saturated heterocycles. The number of carbonyl (C=O) groups is 1. The zero-order valence-corrected chi connectivity index (χ0v) is 18.1. The summed E-state index contributed by atoms with van der Waals surface area (Å²) >= 11 is 9.83. The van der Waals surface area contributed by atoms with Crippen molar-refractivity contribution >= 4 is 39.2 Å². The number of carbonyl (C=O) groups excluding carboxylic acids is 1. The first-order valence-electron chi connectivity index (χ1n) is 8.73. The molecule has 10 heteroatoms. The number of urea groups is 1. The van der Waals surface area contributed by atoms with E-state index in [1.54, 1.807) is 42.1 Å². The molecule has 8 nitrogen and oxygen atoms in total. The van der Waals surface area contributed by atoms with Crippen LogP contribution >= 0.6 is 27.5 Å². The normalized spacial score (nSPS) is 14.7. The van der Waals surface area contributed by atoms with Gasteiger partial charge in [0.15, 0.2) is 0 Å². The summed E-state index contributed by atoms with van der Waals surface area (Å²) in [7, 11) is 3.41. The smallest absolute Gasteiger partial charge is 0.355 e. The molecule has 0 bridgehead atoms. The molecule has 0 radical (unpaired) electrons. The Bertz CT molecular complexity index is 1040. The van der Waals surface area contributed by atoms with Crippen molar-refractivity contribution in [2.75, 3.05) is 19.1 Å². The minimum Gasteiger partial charge on any atom is -0.472 e. The van der Waals surface area contributed by atoms with Gasteiger partial charge in [-0.3, -0.25) is 0 Å². The molecule has 2 aromatic carbocycles. The average Bonchev–Trinajstić information content (AvgIpc) is 3.28. The lowest BCUT2D eigenvalue weighted by atomic mass is 10.2. The Hall–Kier alpha value is -2.59. The van der Waals surface area contributed by atoms with Gasteiger partial charge in [0.05, 0.1) is 11.4 Å². The topological polar surface area (TPSA) is 65.9 Å². The van der Waals surface area contributed by atoms with E-state index in [0.717, 1.165) is 10.2 Å². The van der Waals surface area contributed by atoms with Gasteiger partial charge in [-0.25, -0.2) is 19.5 Å². The number of halogens is 2. The summed E-state index contributed by atoms with van der Waals surface area (Å²) in [6.07, 6.45) is 1.82. The molecular weight excluding hydrogens is 460 g/mol. The van der Waals surface area contributed by atoms with Gasteiger partial charge >= 0.3 is 6.03 Å². The van der Waals surface area contributed by atoms with E-state index in [9.17, 15) is 4.79 Å². The summed E-state index contributed by atoms with van der Waals surface area (Å²) in [6.45, 7) is 0.158. The first-order chi connectivity index (χ1) is 13.9. The quantitative estimate of drug-likeness (QED) is 0.602. The number of hydrogen-bond acceptors (Lipinski definition) is 5. The summed E-state index contributed by atoms with van der Waals surface area (Å²) in [5.74, 6) is 0.453. The molecule has 1 N–H and O–H groups in total. The van der Waals surface area contributed by atoms with Crippen LogP contribution in [0, 0.1) is 0 Å². The fourth-order valence-electron chi connectivity index (χ4n) is 2.85. The van der Waals surface area contributed by atoms with Gasteiger partial charge in [0, 0.05) is 41.4 Å². The van der Waals surface area contributed by atoms with E-state index < -0.39 is 0 Å². The average molecular weight is 478 g/mol. The highest BCUT2D eigenvalue weighted by Gasteiger charge is 2.33. The molecule has 1 aliphatic rings. The number of ether oxygens (including phenoxy) is 1. The third kappa shape index (κ3) is 3.95. The molecular formula is C19H18BrClN6O2. The van der Waals surface area contributed by atoms with Crippen LogP contribution in [0.3, 0.4) is 0 Å². The van der Waals surface area contributed by atoms with E-state index >= 15 is 0 Å². The van der Waals surface area contributed by atoms with Crippen molar-refractivity contribution < 1.29 is 9.53 Å². The molecule has 0 unspecified atom stereocenters. The van der Waals surface area contributed by atoms with Gasteiger partial charge in [-0.2, -0.15) is 0 Å². The number of hydrazine groups is 3. The van der Waals surface area contributed by atoms with Gasteiger partial charge in [0.25, 0.3) is 0 Å². The van der Waals surface area contributed by atoms with Gasteiger partial charge in [-0.05, 0) is 36.4 Å². The minimum absolute atomic E-state index is 0.158. The highest BCUT2D eigenvalue weighted by atomic mass is 79.9. The number of hydrogen-bond donors (Lipinski definition) is 1. The van der Waals surface area contributed by atoms with Crippen LogP contribution in [0.5, 0.6) is 5.88 Å². The molecule has 29 heavy (non-hydrogen) atoms. The zero-order valence-electron chi connectivity index (χ0n) is 15.7. The molecule has 0 saturated carbocycles. The molecule has 3 aromatic rings. The standard InChI is InChI=1S/C19H18BrClN6O2/c1-24-19(28)27(23-25(24)2)17-5-3-4-16(21)15(17)12-29-18-10-11-26(22-18)14-8-6-13(20)7-9-14/h3-11,23H,12H2,1-2H3. The minimum atomic E-state index is -0.226. The van der Waals surface area contributed by atoms with Crippen molar-refractivity contribution in [3.05, 3.63) is 69.8 Å². The molecule has 1 aromatic heterocycles. The van der Waals surface area contributed by atoms with E-state index in [1.165, 1.54) is 10.0 Å². The van der Waals surface area contributed by atoms with Crippen LogP contribution in [-0.2, 0) is 6.61 Å². The Morgan fingerprint density at radius 1 is 1.14 bits per heavy atom. The largest absolute Gasteiger partial charge is 0.472 e. The van der Waals surface area contributed by atoms with Crippen molar-refractivity contribution in [2.45, 2.75) is 6.61 Å². The third-order valence-electron chi connectivity index (χ3n) is 4.52. The monoisotopic (exact) mass is 476 g/mol. The van der Waals surface area contributed by atoms with Crippen LogP contribution < -0.4 is 15.3 Å². The van der Waals surface area contributed by atoms with Gasteiger partial charge in [0.2, 0.25) is 5.88 Å². The van der Waals surface area contributed by atoms with Crippen LogP contribution in [0.15, 0.2) is 59.2 Å². The molecule has 2 amide bonds. The second-order valence-corrected chi connectivity index (χ2v) is 7.69. The lowest BCUT2D eigenvalue weighted by Gasteiger charge is -2.19. The fourth-order valence-corrected chi connectivity index (χ4v) is 3.34. The highest BCUT2D eigenvalue weighted by Crippen LogP contribution is 2.30. The number of nitrogens with one attached hydrogen (secondary N) is 1. The van der Waals surface area contributed by atoms with E-state index in [4.69, 9.17) is 16.3 Å². The Morgan fingerprint density at radius 2 is 1.90 bits per heavy atom. The number of anilines is 1. The molecule has 1 fully saturated rings. The van der Waals surface area contributed by atoms with Crippen molar-refractivity contribution in [1.82, 2.24) is 25.4 Å². The predicted molar refractivity (Wildman–Crippen MR) is 114 cm³/mol. The van der Waals surface area contributed by atoms with Gasteiger partial charge in [0.1, 0.15) is 6.61 Å². The zero-order chi connectivity index (χ0) is 20.5. The molecule has 1 aliphatic heterocycles. The predicted octanol–water partition coefficient (Wildman–Crippen LogP) is 4.01. The van der Waals surface area contributed by atoms with Crippen LogP contribution in [0.4, 0.5) is 10.5 Å². The molecule has 0 spiro atoms. The first kappa shape index (κ1) is 19.7. The van der Waals surface area contributed by atoms with Crippen molar-refractivity contribution in [3.63, 3.8) is 0 Å². The van der Waals surface area contributed by atoms with E-state index in [0.29, 0.717) is 22.2 Å². The SMILES string of the molecule is CN1NN(c2cccc(Cl)c2COc2ccn(-c3ccc(Br)cc3)n2)C(=O)N1C. The number of rotatable bonds is 5. The number of aromatic nitrogens is 2. The Kier molecular flexibility index (Phi) is 5.46. The fraction of sp³-hybridized carbons (Fsp3) is 0.158. The number of nitrogens with zero attached hydrogens (tertiary/aromatic N) is 5. The van der Waals surface area contributed by atoms with Crippen LogP contribution in [0.25, 0.3) is 5.69 Å². The van der Waals surface area contributed by atoms with E-state index in [1.807, 2.05) is 36.5 Å². The summed E-state index contributed by atoms with van der Waals surface area (Å²) in [5.41, 5.74) is 5.18. The maximum atomic E-state index is 12.5. The number of amides is 2. The Labute approximate surface area is 181 Å². The lowest BCUT2D eigenvalue weighted by Crippen LogP contribution is -2.39. The Morgan fingerprint density at radius 3 is 2.59 bits per heavy atom. The molecule has 150 valence electrons. The third-order valence-corrected chi connectivity index (χ3v) is 5.40. The molecule has 2 heterocycles. The van der Waals surface area contributed by atoms with Crippen LogP contribution in [-0.4, -0.2) is 40.0 Å². The van der Waals surface area contributed by atoms with Crippen molar-refractivity contribution in [2.24, 2.45) is 0 Å². The molecule has 4 rings (SSSR count). The first-order valence-corrected chi connectivity index (χ1v) is 9.90. The second-order valence-electron chi connectivity index (χ2n) is 6.37. The van der Waals surface area contributed by atoms with Gasteiger partial charge < -0.3 is 4.74 Å². The van der Waals surface area contributed by atoms with Crippen LogP contribution in [0.2, 0.25) is 5.02 Å². The van der Waals surface area contributed by atoms with Crippen molar-refractivity contribution in [3.8, 4) is 11.6 Å². The molecule has 0 aliphatic carbocycles. The molecule has 0 atom stereocenters. The number of benzene rings is 2. The summed E-state index contributed by atoms with van der Waals surface area (Å²) < 4.78 is 8.59. The maximum Gasteiger partial charge on any atom is 0.355 e. The van der Waals surface area contributed by atoms with E-state index in [-0.39, 0.29) is 12.6 Å². The summed E-state index contributed by atoms with van der Waals surface area (Å²) in [4.78, 5) is 12.5. The summed E-state index contributed by atoms with van der Waals surface area (Å²) in [6, 6.07) is 14.7. The Balaban J connectivity index is 1.54. The maximum absolute atomic E-state index is 12.5. The summed E-state index contributed by atoms with van der Waals surface area (Å²) in [5, 5.41) is 9.39. The van der Waals surface area contributed by atoms with Crippen LogP contribution in [0.1, 0.15) is 5.56 Å². The lowest BCUT2D eigenvalue weighted by molar-refractivity contribution is 0.0652. The van der Waals surface area contributed by atoms with Crippen molar-refractivity contribution in [1.29, 1.82) is 0 Å². The second kappa shape index (κ2) is 8.03. The van der Waals surface area contributed by atoms with Gasteiger partial charge in [-0.1, -0.05) is 33.6 Å².